The Hall–Kier alpha value is -5.40. The number of allylic oxidation sites excluding steroid dienone is 22. The predicted octanol–water partition coefficient (Wildman–Crippen LogP) is 22.4. The van der Waals surface area contributed by atoms with Crippen LogP contribution in [0.25, 0.3) is 0 Å². The summed E-state index contributed by atoms with van der Waals surface area (Å²) in [6.07, 6.45) is 94.8. The lowest BCUT2D eigenvalue weighted by atomic mass is 10.1. The molecule has 0 aliphatic carbocycles. The van der Waals surface area contributed by atoms with E-state index in [2.05, 4.69) is 178 Å². The van der Waals surface area contributed by atoms with Crippen molar-refractivity contribution in [2.24, 2.45) is 0 Å². The summed E-state index contributed by atoms with van der Waals surface area (Å²) in [5.41, 5.74) is 0. The van der Waals surface area contributed by atoms with Crippen molar-refractivity contribution in [3.8, 4) is 0 Å². The number of nitrogens with zero attached hydrogens (tertiary/aromatic N) is 2. The molecule has 2 atom stereocenters. The first-order valence-corrected chi connectivity index (χ1v) is 40.4. The second kappa shape index (κ2) is 79.3. The van der Waals surface area contributed by atoms with E-state index in [1.807, 2.05) is 4.90 Å². The molecule has 0 rings (SSSR count). The van der Waals surface area contributed by atoms with Crippen LogP contribution < -0.4 is 0 Å². The van der Waals surface area contributed by atoms with Crippen LogP contribution in [0, 0.1) is 0 Å². The van der Waals surface area contributed by atoms with Gasteiger partial charge in [0.15, 0.2) is 0 Å². The molecule has 0 spiro atoms. The fraction of sp³-hybridized carbons (Fsp3) is 0.682. The Morgan fingerprint density at radius 2 is 0.580 bits per heavy atom. The third-order valence-electron chi connectivity index (χ3n) is 17.2. The molecule has 570 valence electrons. The third kappa shape index (κ3) is 72.4. The Morgan fingerprint density at radius 1 is 0.290 bits per heavy atom. The molecular formula is C88H148N2O10. The number of carbonyl (C=O) groups is 4. The highest BCUT2D eigenvalue weighted by Crippen LogP contribution is 2.18. The van der Waals surface area contributed by atoms with Gasteiger partial charge in [0.1, 0.15) is 12.2 Å². The SMILES string of the molecule is CC/C=C\C/C=C\C/C=C\C/C=C\C/C=C\CCCC(=O)OC(C/C=C\CCCCCCCCOC(=O)CCN(CCC(=O)OCCCCCCCC/C=C\CC(CCCCCC)OC(=O)CCC/C=C\C/C=C\C/C=C\C/C=C\C/C=C\CC)CCN(CCO)CCO)CCCCCC. The highest BCUT2D eigenvalue weighted by atomic mass is 16.6. The minimum atomic E-state index is -0.245. The maximum Gasteiger partial charge on any atom is 0.307 e. The van der Waals surface area contributed by atoms with E-state index in [9.17, 15) is 29.4 Å². The van der Waals surface area contributed by atoms with Gasteiger partial charge in [-0.3, -0.25) is 24.1 Å². The minimum absolute atomic E-state index is 0.0145. The molecule has 0 aromatic carbocycles. The van der Waals surface area contributed by atoms with Gasteiger partial charge in [0.2, 0.25) is 0 Å². The first-order chi connectivity index (χ1) is 49.2. The Labute approximate surface area is 612 Å². The number of rotatable bonds is 73. The fourth-order valence-electron chi connectivity index (χ4n) is 11.1. The second-order valence-electron chi connectivity index (χ2n) is 26.4. The largest absolute Gasteiger partial charge is 0.466 e. The van der Waals surface area contributed by atoms with Gasteiger partial charge in [0.25, 0.3) is 0 Å². The van der Waals surface area contributed by atoms with Gasteiger partial charge in [-0.15, -0.1) is 0 Å². The van der Waals surface area contributed by atoms with Crippen LogP contribution in [0.3, 0.4) is 0 Å². The summed E-state index contributed by atoms with van der Waals surface area (Å²) in [7, 11) is 0. The predicted molar refractivity (Wildman–Crippen MR) is 424 cm³/mol. The van der Waals surface area contributed by atoms with E-state index in [-0.39, 0.29) is 62.1 Å². The molecule has 12 nitrogen and oxygen atoms in total. The van der Waals surface area contributed by atoms with Crippen molar-refractivity contribution in [3.05, 3.63) is 146 Å². The molecular weight excluding hydrogens is 1240 g/mol. The first-order valence-electron chi connectivity index (χ1n) is 40.4. The average Bonchev–Trinajstić information content (AvgIpc) is 2.87. The second-order valence-corrected chi connectivity index (χ2v) is 26.4. The van der Waals surface area contributed by atoms with Crippen molar-refractivity contribution >= 4 is 23.9 Å². The van der Waals surface area contributed by atoms with Gasteiger partial charge in [-0.1, -0.05) is 263 Å². The molecule has 0 aliphatic rings. The van der Waals surface area contributed by atoms with Crippen LogP contribution in [0.5, 0.6) is 0 Å². The van der Waals surface area contributed by atoms with E-state index < -0.39 is 0 Å². The zero-order valence-electron chi connectivity index (χ0n) is 64.2. The van der Waals surface area contributed by atoms with Gasteiger partial charge < -0.3 is 34.1 Å². The van der Waals surface area contributed by atoms with Crippen molar-refractivity contribution in [1.29, 1.82) is 0 Å². The fourth-order valence-corrected chi connectivity index (χ4v) is 11.1. The molecule has 100 heavy (non-hydrogen) atoms. The molecule has 0 saturated heterocycles. The summed E-state index contributed by atoms with van der Waals surface area (Å²) in [4.78, 5) is 55.4. The van der Waals surface area contributed by atoms with Crippen molar-refractivity contribution in [1.82, 2.24) is 9.80 Å². The summed E-state index contributed by atoms with van der Waals surface area (Å²) in [5, 5.41) is 19.1. The number of ether oxygens (including phenoxy) is 4. The minimum Gasteiger partial charge on any atom is -0.466 e. The molecule has 0 saturated carbocycles. The summed E-state index contributed by atoms with van der Waals surface area (Å²) in [5.74, 6) is -0.658. The van der Waals surface area contributed by atoms with Gasteiger partial charge in [-0.2, -0.15) is 0 Å². The van der Waals surface area contributed by atoms with Crippen LogP contribution in [-0.2, 0) is 38.1 Å². The molecule has 0 radical (unpaired) electrons. The number of aliphatic hydroxyl groups excluding tert-OH is 2. The van der Waals surface area contributed by atoms with Gasteiger partial charge >= 0.3 is 23.9 Å². The summed E-state index contributed by atoms with van der Waals surface area (Å²) >= 11 is 0. The van der Waals surface area contributed by atoms with Crippen molar-refractivity contribution in [3.63, 3.8) is 0 Å². The van der Waals surface area contributed by atoms with Gasteiger partial charge in [-0.25, -0.2) is 0 Å². The van der Waals surface area contributed by atoms with Crippen LogP contribution in [0.2, 0.25) is 0 Å². The van der Waals surface area contributed by atoms with Crippen molar-refractivity contribution < 1.29 is 48.3 Å². The summed E-state index contributed by atoms with van der Waals surface area (Å²) in [6.45, 7) is 12.5. The molecule has 0 aliphatic heterocycles. The lowest BCUT2D eigenvalue weighted by Gasteiger charge is -2.26. The zero-order valence-corrected chi connectivity index (χ0v) is 64.2. The molecule has 12 heteroatoms. The molecule has 0 aromatic rings. The van der Waals surface area contributed by atoms with Gasteiger partial charge in [0, 0.05) is 65.0 Å². The first kappa shape index (κ1) is 94.6. The highest BCUT2D eigenvalue weighted by Gasteiger charge is 2.17. The summed E-state index contributed by atoms with van der Waals surface area (Å²) in [6, 6.07) is 0. The Morgan fingerprint density at radius 3 is 0.920 bits per heavy atom. The standard InChI is InChI=1S/C88H148N2O10/c1-5-9-13-17-19-21-23-25-27-29-31-33-35-41-47-53-61-69-87(95)99-83(65-57-15-11-7-3)67-59-51-45-39-37-43-49-55-63-81-97-85(93)71-73-89(75-76-90(77-79-91)78-80-92)74-72-86(94)98-82-64-56-50-44-38-40-46-52-60-68-84(66-58-16-12-8-4)100-88(96)70-62-54-48-42-36-34-32-30-28-26-24-22-20-18-14-10-6-2/h9-10,13-14,19-22,25-28,31-34,41-42,47-48,51-52,59-60,83-84,91-92H,5-8,11-12,15-18,23-24,29-30,35-40,43-46,49-50,53-58,61-82H2,1-4H3/b13-9-,14-10-,21-19-,22-20-,27-25-,28-26-,33-31-,34-32-,47-41-,48-42-,59-51-,60-52-. The molecule has 2 unspecified atom stereocenters. The molecule has 0 aromatic heterocycles. The number of unbranched alkanes of at least 4 members (excludes halogenated alkanes) is 20. The number of aliphatic hydroxyl groups is 2. The van der Waals surface area contributed by atoms with Crippen LogP contribution >= 0.6 is 0 Å². The van der Waals surface area contributed by atoms with Crippen LogP contribution in [0.1, 0.15) is 310 Å². The van der Waals surface area contributed by atoms with Gasteiger partial charge in [0.05, 0.1) is 39.3 Å². The van der Waals surface area contributed by atoms with Crippen LogP contribution in [-0.4, -0.2) is 122 Å². The van der Waals surface area contributed by atoms with E-state index in [0.717, 1.165) is 218 Å². The molecule has 0 heterocycles. The van der Waals surface area contributed by atoms with E-state index in [1.54, 1.807) is 0 Å². The molecule has 0 amide bonds. The topological polar surface area (TPSA) is 152 Å². The third-order valence-corrected chi connectivity index (χ3v) is 17.2. The smallest absolute Gasteiger partial charge is 0.307 e. The zero-order chi connectivity index (χ0) is 72.6. The van der Waals surface area contributed by atoms with E-state index >= 15 is 0 Å². The van der Waals surface area contributed by atoms with Crippen molar-refractivity contribution in [2.75, 3.05) is 65.7 Å². The number of hydrogen-bond donors (Lipinski definition) is 2. The Bertz CT molecular complexity index is 2080. The van der Waals surface area contributed by atoms with E-state index in [4.69, 9.17) is 18.9 Å². The van der Waals surface area contributed by atoms with Gasteiger partial charge in [-0.05, 0) is 154 Å². The monoisotopic (exact) mass is 1390 g/mol. The number of esters is 4. The Balaban J connectivity index is 4.51. The molecule has 2 N–H and O–H groups in total. The summed E-state index contributed by atoms with van der Waals surface area (Å²) < 4.78 is 23.2. The molecule has 0 fully saturated rings. The Kier molecular flexibility index (Phi) is 75.0. The normalized spacial score (nSPS) is 13.2. The maximum atomic E-state index is 12.9. The molecule has 0 bridgehead atoms. The highest BCUT2D eigenvalue weighted by molar-refractivity contribution is 5.70. The maximum absolute atomic E-state index is 12.9. The number of hydrogen-bond acceptors (Lipinski definition) is 12. The van der Waals surface area contributed by atoms with Crippen molar-refractivity contribution in [2.45, 2.75) is 322 Å². The lowest BCUT2D eigenvalue weighted by Crippen LogP contribution is -2.39. The quantitative estimate of drug-likeness (QED) is 0.0258. The number of carbonyl (C=O) groups excluding carboxylic acids is 4. The van der Waals surface area contributed by atoms with E-state index in [1.165, 1.54) is 38.5 Å². The van der Waals surface area contributed by atoms with E-state index in [0.29, 0.717) is 65.3 Å². The van der Waals surface area contributed by atoms with Crippen LogP contribution in [0.4, 0.5) is 0 Å². The lowest BCUT2D eigenvalue weighted by molar-refractivity contribution is -0.150. The average molecular weight is 1390 g/mol. The van der Waals surface area contributed by atoms with Crippen LogP contribution in [0.15, 0.2) is 146 Å².